The maximum atomic E-state index is 12.1. The van der Waals surface area contributed by atoms with Gasteiger partial charge in [-0.1, -0.05) is 6.42 Å². The first-order chi connectivity index (χ1) is 9.56. The van der Waals surface area contributed by atoms with Crippen LogP contribution in [0.3, 0.4) is 0 Å². The van der Waals surface area contributed by atoms with E-state index >= 15 is 0 Å². The van der Waals surface area contributed by atoms with Crippen LogP contribution >= 0.6 is 0 Å². The molecule has 0 radical (unpaired) electrons. The van der Waals surface area contributed by atoms with Gasteiger partial charge in [0.25, 0.3) is 5.91 Å². The van der Waals surface area contributed by atoms with E-state index in [4.69, 9.17) is 5.73 Å². The number of fused-ring (bicyclic) bond motifs is 1. The largest absolute Gasteiger partial charge is 0.370 e. The van der Waals surface area contributed by atoms with Crippen LogP contribution in [0.2, 0.25) is 0 Å². The van der Waals surface area contributed by atoms with Gasteiger partial charge in [0.2, 0.25) is 0 Å². The van der Waals surface area contributed by atoms with Crippen molar-refractivity contribution in [3.05, 3.63) is 29.1 Å². The zero-order valence-electron chi connectivity index (χ0n) is 12.1. The summed E-state index contributed by atoms with van der Waals surface area (Å²) in [4.78, 5) is 20.6. The summed E-state index contributed by atoms with van der Waals surface area (Å²) in [6, 6.07) is 1.99. The predicted molar refractivity (Wildman–Crippen MR) is 79.7 cm³/mol. The number of amides is 1. The van der Waals surface area contributed by atoms with E-state index < -0.39 is 0 Å². The predicted octanol–water partition coefficient (Wildman–Crippen LogP) is 1.80. The molecule has 0 bridgehead atoms. The Balaban J connectivity index is 2.13. The second-order valence-electron chi connectivity index (χ2n) is 5.45. The number of hydrogen-bond acceptors (Lipinski definition) is 3. The molecule has 0 saturated carbocycles. The van der Waals surface area contributed by atoms with E-state index in [1.54, 1.807) is 6.20 Å². The van der Waals surface area contributed by atoms with Gasteiger partial charge in [-0.15, -0.1) is 0 Å². The molecule has 5 heteroatoms. The molecule has 1 aromatic rings. The van der Waals surface area contributed by atoms with Crippen LogP contribution in [0.25, 0.3) is 0 Å². The normalized spacial score (nSPS) is 15.7. The molecule has 1 aliphatic rings. The molecule has 5 nitrogen and oxygen atoms in total. The van der Waals surface area contributed by atoms with Gasteiger partial charge in [0.15, 0.2) is 5.96 Å². The number of carbonyl (C=O) groups excluding carboxylic acids is 1. The summed E-state index contributed by atoms with van der Waals surface area (Å²) in [6.07, 6.45) is 7.21. The summed E-state index contributed by atoms with van der Waals surface area (Å²) in [5.74, 6) is -0.0913. The minimum atomic E-state index is -0.244. The fourth-order valence-corrected chi connectivity index (χ4v) is 2.39. The molecule has 0 atom stereocenters. The third-order valence-corrected chi connectivity index (χ3v) is 3.32. The third-order valence-electron chi connectivity index (χ3n) is 3.32. The number of hydrogen-bond donors (Lipinski definition) is 2. The molecule has 0 fully saturated rings. The lowest BCUT2D eigenvalue weighted by molar-refractivity contribution is 0.0976. The number of nitrogens with two attached hydrogens (primary N) is 1. The lowest BCUT2D eigenvalue weighted by Gasteiger charge is -2.09. The van der Waals surface area contributed by atoms with Crippen LogP contribution in [-0.2, 0) is 12.8 Å². The molecule has 1 aliphatic carbocycles. The first-order valence-corrected chi connectivity index (χ1v) is 7.18. The van der Waals surface area contributed by atoms with Crippen LogP contribution in [-0.4, -0.2) is 22.9 Å². The lowest BCUT2D eigenvalue weighted by Crippen LogP contribution is -2.37. The quantitative estimate of drug-likeness (QED) is 0.490. The van der Waals surface area contributed by atoms with Crippen molar-refractivity contribution >= 4 is 11.9 Å². The van der Waals surface area contributed by atoms with Crippen molar-refractivity contribution in [3.8, 4) is 0 Å². The van der Waals surface area contributed by atoms with Gasteiger partial charge in [-0.25, -0.2) is 0 Å². The molecule has 1 amide bonds. The average molecular weight is 274 g/mol. The van der Waals surface area contributed by atoms with E-state index in [9.17, 15) is 4.79 Å². The van der Waals surface area contributed by atoms with Gasteiger partial charge in [-0.3, -0.25) is 20.1 Å². The van der Waals surface area contributed by atoms with E-state index in [-0.39, 0.29) is 17.9 Å². The van der Waals surface area contributed by atoms with Crippen LogP contribution in [0.15, 0.2) is 17.3 Å². The highest BCUT2D eigenvalue weighted by atomic mass is 16.1. The van der Waals surface area contributed by atoms with Gasteiger partial charge in [-0.05, 0) is 51.2 Å². The van der Waals surface area contributed by atoms with Gasteiger partial charge < -0.3 is 5.73 Å². The molecule has 2 rings (SSSR count). The summed E-state index contributed by atoms with van der Waals surface area (Å²) in [6.45, 7) is 3.81. The number of aryl methyl sites for hydroxylation is 2. The van der Waals surface area contributed by atoms with E-state index in [2.05, 4.69) is 15.3 Å². The van der Waals surface area contributed by atoms with Crippen molar-refractivity contribution in [3.63, 3.8) is 0 Å². The summed E-state index contributed by atoms with van der Waals surface area (Å²) in [7, 11) is 0. The summed E-state index contributed by atoms with van der Waals surface area (Å²) >= 11 is 0. The number of nitrogens with zero attached hydrogens (tertiary/aromatic N) is 2. The van der Waals surface area contributed by atoms with E-state index in [0.29, 0.717) is 5.56 Å². The SMILES string of the molecule is CC(C)N=C(N)NC(=O)c1cnc2c(c1)CCCCC2. The number of pyridine rings is 1. The van der Waals surface area contributed by atoms with E-state index in [0.717, 1.165) is 25.0 Å². The minimum Gasteiger partial charge on any atom is -0.370 e. The number of aromatic nitrogens is 1. The van der Waals surface area contributed by atoms with E-state index in [1.807, 2.05) is 19.9 Å². The molecule has 1 heterocycles. The van der Waals surface area contributed by atoms with Gasteiger partial charge in [0.05, 0.1) is 5.56 Å². The van der Waals surface area contributed by atoms with Crippen molar-refractivity contribution in [2.24, 2.45) is 10.7 Å². The Bertz CT molecular complexity index is 523. The van der Waals surface area contributed by atoms with Crippen molar-refractivity contribution in [2.75, 3.05) is 0 Å². The Morgan fingerprint density at radius 1 is 1.35 bits per heavy atom. The van der Waals surface area contributed by atoms with Crippen molar-refractivity contribution in [1.29, 1.82) is 0 Å². The van der Waals surface area contributed by atoms with Crippen LogP contribution in [0, 0.1) is 0 Å². The zero-order chi connectivity index (χ0) is 14.5. The van der Waals surface area contributed by atoms with Crippen molar-refractivity contribution < 1.29 is 4.79 Å². The lowest BCUT2D eigenvalue weighted by atomic mass is 10.1. The first-order valence-electron chi connectivity index (χ1n) is 7.18. The standard InChI is InChI=1S/C15H22N4O/c1-10(2)18-15(16)19-14(20)12-8-11-6-4-3-5-7-13(11)17-9-12/h8-10H,3-7H2,1-2H3,(H3,16,18,19,20). The van der Waals surface area contributed by atoms with Crippen molar-refractivity contribution in [2.45, 2.75) is 52.0 Å². The number of aliphatic imine (C=N–C) groups is 1. The molecule has 0 spiro atoms. The topological polar surface area (TPSA) is 80.4 Å². The third kappa shape index (κ3) is 3.79. The Labute approximate surface area is 119 Å². The number of carbonyl (C=O) groups is 1. The van der Waals surface area contributed by atoms with Crippen LogP contribution in [0.5, 0.6) is 0 Å². The summed E-state index contributed by atoms with van der Waals surface area (Å²) in [5.41, 5.74) is 8.54. The molecule has 0 saturated heterocycles. The smallest absolute Gasteiger partial charge is 0.259 e. The summed E-state index contributed by atoms with van der Waals surface area (Å²) in [5, 5.41) is 2.60. The molecule has 108 valence electrons. The molecule has 1 aromatic heterocycles. The highest BCUT2D eigenvalue weighted by Gasteiger charge is 2.13. The van der Waals surface area contributed by atoms with Gasteiger partial charge >= 0.3 is 0 Å². The Kier molecular flexibility index (Phi) is 4.71. The molecule has 0 aliphatic heterocycles. The molecule has 20 heavy (non-hydrogen) atoms. The Morgan fingerprint density at radius 3 is 2.85 bits per heavy atom. The van der Waals surface area contributed by atoms with Crippen LogP contribution < -0.4 is 11.1 Å². The van der Waals surface area contributed by atoms with Gasteiger partial charge in [-0.2, -0.15) is 0 Å². The molecule has 0 unspecified atom stereocenters. The molecule has 0 aromatic carbocycles. The molecular formula is C15H22N4O. The average Bonchev–Trinajstić information content (AvgIpc) is 2.61. The second kappa shape index (κ2) is 6.50. The maximum absolute atomic E-state index is 12.1. The van der Waals surface area contributed by atoms with Crippen LogP contribution in [0.1, 0.15) is 54.7 Å². The minimum absolute atomic E-state index is 0.0560. The number of guanidine groups is 1. The zero-order valence-corrected chi connectivity index (χ0v) is 12.1. The molecule has 3 N–H and O–H groups in total. The fraction of sp³-hybridized carbons (Fsp3) is 0.533. The van der Waals surface area contributed by atoms with Crippen molar-refractivity contribution in [1.82, 2.24) is 10.3 Å². The number of nitrogens with one attached hydrogen (secondary N) is 1. The maximum Gasteiger partial charge on any atom is 0.259 e. The highest BCUT2D eigenvalue weighted by Crippen LogP contribution is 2.19. The first kappa shape index (κ1) is 14.5. The monoisotopic (exact) mass is 274 g/mol. The fourth-order valence-electron chi connectivity index (χ4n) is 2.39. The van der Waals surface area contributed by atoms with Gasteiger partial charge in [0, 0.05) is 17.9 Å². The van der Waals surface area contributed by atoms with Gasteiger partial charge in [0.1, 0.15) is 0 Å². The number of rotatable bonds is 2. The summed E-state index contributed by atoms with van der Waals surface area (Å²) < 4.78 is 0. The van der Waals surface area contributed by atoms with Crippen LogP contribution in [0.4, 0.5) is 0 Å². The second-order valence-corrected chi connectivity index (χ2v) is 5.45. The van der Waals surface area contributed by atoms with E-state index in [1.165, 1.54) is 18.4 Å². The molecular weight excluding hydrogens is 252 g/mol. The Morgan fingerprint density at radius 2 is 2.10 bits per heavy atom. The Hall–Kier alpha value is -1.91. The highest BCUT2D eigenvalue weighted by molar-refractivity contribution is 6.05.